The first kappa shape index (κ1) is 15.6. The fourth-order valence-corrected chi connectivity index (χ4v) is 3.49. The maximum atomic E-state index is 6.05. The molecule has 2 heterocycles. The second kappa shape index (κ2) is 5.84. The highest BCUT2D eigenvalue weighted by atomic mass is 35.5. The molecule has 24 heavy (non-hydrogen) atoms. The smallest absolute Gasteiger partial charge is 0.138 e. The molecule has 4 nitrogen and oxygen atoms in total. The zero-order valence-electron chi connectivity index (χ0n) is 13.1. The standard InChI is InChI=1S/C18H16ClN3OS/c1-18(10-23-9-16(24)22-18)12-4-2-3-11(7-12)17-20-14-6-5-13(19)8-15(14)21-17/h2-8H,9-10H2,1H3,(H,20,21)(H,22,24). The summed E-state index contributed by atoms with van der Waals surface area (Å²) in [6.45, 7) is 3.15. The average Bonchev–Trinajstić information content (AvgIpc) is 2.98. The first-order chi connectivity index (χ1) is 11.5. The number of morpholine rings is 1. The van der Waals surface area contributed by atoms with E-state index >= 15 is 0 Å². The molecule has 1 aromatic heterocycles. The first-order valence-corrected chi connectivity index (χ1v) is 8.47. The van der Waals surface area contributed by atoms with Gasteiger partial charge in [-0.1, -0.05) is 42.0 Å². The minimum absolute atomic E-state index is 0.333. The van der Waals surface area contributed by atoms with Crippen molar-refractivity contribution in [3.05, 3.63) is 53.1 Å². The molecular formula is C18H16ClN3OS. The number of benzene rings is 2. The molecule has 0 aliphatic carbocycles. The molecular weight excluding hydrogens is 342 g/mol. The predicted octanol–water partition coefficient (Wildman–Crippen LogP) is 4.05. The molecule has 1 aliphatic heterocycles. The van der Waals surface area contributed by atoms with Gasteiger partial charge in [-0.2, -0.15) is 0 Å². The summed E-state index contributed by atoms with van der Waals surface area (Å²) < 4.78 is 5.62. The number of aromatic nitrogens is 2. The summed E-state index contributed by atoms with van der Waals surface area (Å²) in [7, 11) is 0. The molecule has 2 aromatic carbocycles. The lowest BCUT2D eigenvalue weighted by molar-refractivity contribution is 0.0876. The molecule has 122 valence electrons. The Morgan fingerprint density at radius 3 is 2.96 bits per heavy atom. The second-order valence-electron chi connectivity index (χ2n) is 6.20. The molecule has 0 bridgehead atoms. The number of nitrogens with zero attached hydrogens (tertiary/aromatic N) is 1. The third kappa shape index (κ3) is 2.79. The van der Waals surface area contributed by atoms with Crippen LogP contribution in [0.15, 0.2) is 42.5 Å². The lowest BCUT2D eigenvalue weighted by Crippen LogP contribution is -2.52. The van der Waals surface area contributed by atoms with Crippen LogP contribution in [0.2, 0.25) is 5.02 Å². The minimum Gasteiger partial charge on any atom is -0.372 e. The van der Waals surface area contributed by atoms with Crippen LogP contribution in [0, 0.1) is 0 Å². The lowest BCUT2D eigenvalue weighted by atomic mass is 9.90. The number of nitrogens with one attached hydrogen (secondary N) is 2. The van der Waals surface area contributed by atoms with Crippen molar-refractivity contribution in [3.63, 3.8) is 0 Å². The highest BCUT2D eigenvalue weighted by Gasteiger charge is 2.31. The van der Waals surface area contributed by atoms with Crippen LogP contribution < -0.4 is 5.32 Å². The first-order valence-electron chi connectivity index (χ1n) is 7.68. The molecule has 0 saturated carbocycles. The van der Waals surface area contributed by atoms with Gasteiger partial charge in [-0.05, 0) is 36.8 Å². The summed E-state index contributed by atoms with van der Waals surface area (Å²) in [5.41, 5.74) is 3.61. The van der Waals surface area contributed by atoms with Gasteiger partial charge >= 0.3 is 0 Å². The maximum Gasteiger partial charge on any atom is 0.138 e. The number of halogens is 1. The number of aromatic amines is 1. The van der Waals surface area contributed by atoms with Crippen molar-refractivity contribution >= 4 is 39.8 Å². The second-order valence-corrected chi connectivity index (χ2v) is 7.13. The van der Waals surface area contributed by atoms with E-state index < -0.39 is 0 Å². The van der Waals surface area contributed by atoms with Gasteiger partial charge in [0, 0.05) is 10.6 Å². The molecule has 0 amide bonds. The minimum atomic E-state index is -0.333. The van der Waals surface area contributed by atoms with Crippen molar-refractivity contribution in [2.45, 2.75) is 12.5 Å². The van der Waals surface area contributed by atoms with Crippen molar-refractivity contribution in [1.29, 1.82) is 0 Å². The molecule has 4 rings (SSSR count). The number of fused-ring (bicyclic) bond motifs is 1. The van der Waals surface area contributed by atoms with Crippen LogP contribution in [-0.2, 0) is 10.3 Å². The van der Waals surface area contributed by atoms with Crippen LogP contribution in [-0.4, -0.2) is 28.2 Å². The monoisotopic (exact) mass is 357 g/mol. The number of hydrogen-bond donors (Lipinski definition) is 2. The van der Waals surface area contributed by atoms with Gasteiger partial charge in [0.1, 0.15) is 10.8 Å². The SMILES string of the molecule is CC1(c2cccc(-c3nc4ccc(Cl)cc4[nH]3)c2)COCC(=S)N1. The topological polar surface area (TPSA) is 49.9 Å². The van der Waals surface area contributed by atoms with Crippen LogP contribution in [0.4, 0.5) is 0 Å². The van der Waals surface area contributed by atoms with Gasteiger partial charge in [-0.15, -0.1) is 0 Å². The van der Waals surface area contributed by atoms with E-state index in [4.69, 9.17) is 28.6 Å². The Labute approximate surface area is 150 Å². The zero-order chi connectivity index (χ0) is 16.7. The Kier molecular flexibility index (Phi) is 3.79. The van der Waals surface area contributed by atoms with Gasteiger partial charge in [0.2, 0.25) is 0 Å². The van der Waals surface area contributed by atoms with Crippen molar-refractivity contribution in [2.24, 2.45) is 0 Å². The van der Waals surface area contributed by atoms with Gasteiger partial charge in [0.05, 0.1) is 29.8 Å². The summed E-state index contributed by atoms with van der Waals surface area (Å²) in [6.07, 6.45) is 0. The molecule has 1 atom stereocenters. The van der Waals surface area contributed by atoms with Gasteiger partial charge < -0.3 is 15.0 Å². The molecule has 3 aromatic rings. The predicted molar refractivity (Wildman–Crippen MR) is 100 cm³/mol. The van der Waals surface area contributed by atoms with E-state index in [1.807, 2.05) is 30.3 Å². The van der Waals surface area contributed by atoms with Crippen molar-refractivity contribution in [3.8, 4) is 11.4 Å². The fraction of sp³-hybridized carbons (Fsp3) is 0.222. The van der Waals surface area contributed by atoms with Crippen molar-refractivity contribution in [1.82, 2.24) is 15.3 Å². The number of ether oxygens (including phenoxy) is 1. The van der Waals surface area contributed by atoms with Gasteiger partial charge in [-0.3, -0.25) is 0 Å². The summed E-state index contributed by atoms with van der Waals surface area (Å²) in [5.74, 6) is 0.817. The largest absolute Gasteiger partial charge is 0.372 e. The van der Waals surface area contributed by atoms with Crippen molar-refractivity contribution < 1.29 is 4.74 Å². The number of thiocarbonyl (C=S) groups is 1. The normalized spacial score (nSPS) is 21.0. The fourth-order valence-electron chi connectivity index (χ4n) is 3.01. The molecule has 1 unspecified atom stereocenters. The maximum absolute atomic E-state index is 6.05. The van der Waals surface area contributed by atoms with E-state index in [0.717, 1.165) is 33.0 Å². The highest BCUT2D eigenvalue weighted by molar-refractivity contribution is 7.80. The molecule has 0 radical (unpaired) electrons. The Morgan fingerprint density at radius 1 is 1.25 bits per heavy atom. The van der Waals surface area contributed by atoms with E-state index in [0.29, 0.717) is 18.2 Å². The summed E-state index contributed by atoms with van der Waals surface area (Å²) in [6, 6.07) is 13.9. The number of imidazole rings is 1. The molecule has 1 aliphatic rings. The average molecular weight is 358 g/mol. The van der Waals surface area contributed by atoms with Gasteiger partial charge in [-0.25, -0.2) is 4.98 Å². The Hall–Kier alpha value is -1.95. The van der Waals surface area contributed by atoms with Crippen LogP contribution in [0.3, 0.4) is 0 Å². The van der Waals surface area contributed by atoms with Gasteiger partial charge in [0.15, 0.2) is 0 Å². The summed E-state index contributed by atoms with van der Waals surface area (Å²) >= 11 is 11.3. The van der Waals surface area contributed by atoms with Crippen LogP contribution in [0.5, 0.6) is 0 Å². The van der Waals surface area contributed by atoms with E-state index in [-0.39, 0.29) is 5.54 Å². The highest BCUT2D eigenvalue weighted by Crippen LogP contribution is 2.29. The number of rotatable bonds is 2. The van der Waals surface area contributed by atoms with E-state index in [9.17, 15) is 0 Å². The van der Waals surface area contributed by atoms with E-state index in [1.54, 1.807) is 0 Å². The molecule has 6 heteroatoms. The lowest BCUT2D eigenvalue weighted by Gasteiger charge is -2.36. The third-order valence-electron chi connectivity index (χ3n) is 4.26. The molecule has 2 N–H and O–H groups in total. The third-order valence-corrected chi connectivity index (χ3v) is 4.71. The van der Waals surface area contributed by atoms with Gasteiger partial charge in [0.25, 0.3) is 0 Å². The zero-order valence-corrected chi connectivity index (χ0v) is 14.7. The number of H-pyrrole nitrogens is 1. The van der Waals surface area contributed by atoms with Crippen LogP contribution in [0.1, 0.15) is 12.5 Å². The molecule has 1 saturated heterocycles. The Bertz CT molecular complexity index is 939. The van der Waals surface area contributed by atoms with E-state index in [1.165, 1.54) is 0 Å². The van der Waals surface area contributed by atoms with Crippen LogP contribution in [0.25, 0.3) is 22.4 Å². The Balaban J connectivity index is 1.75. The number of hydrogen-bond acceptors (Lipinski definition) is 3. The summed E-state index contributed by atoms with van der Waals surface area (Å²) in [4.78, 5) is 8.72. The quantitative estimate of drug-likeness (QED) is 0.679. The molecule has 0 spiro atoms. The van der Waals surface area contributed by atoms with Crippen LogP contribution >= 0.6 is 23.8 Å². The Morgan fingerprint density at radius 2 is 2.12 bits per heavy atom. The van der Waals surface area contributed by atoms with Crippen molar-refractivity contribution in [2.75, 3.05) is 13.2 Å². The summed E-state index contributed by atoms with van der Waals surface area (Å²) in [5, 5.41) is 4.07. The van der Waals surface area contributed by atoms with E-state index in [2.05, 4.69) is 34.3 Å². The molecule has 1 fully saturated rings.